The monoisotopic (exact) mass is 346 g/mol. The number of aromatic nitrogens is 2. The number of benzene rings is 1. The molecule has 3 rings (SSSR count). The summed E-state index contributed by atoms with van der Waals surface area (Å²) in [5.74, 6) is 0.100. The van der Waals surface area contributed by atoms with Crippen LogP contribution in [0, 0.1) is 13.8 Å². The highest BCUT2D eigenvalue weighted by molar-refractivity contribution is 6.31. The first-order valence-electron chi connectivity index (χ1n) is 8.27. The Morgan fingerprint density at radius 1 is 1.08 bits per heavy atom. The lowest BCUT2D eigenvalue weighted by atomic mass is 10.1. The van der Waals surface area contributed by atoms with Crippen LogP contribution >= 0.6 is 11.6 Å². The molecule has 1 aromatic carbocycles. The van der Waals surface area contributed by atoms with Gasteiger partial charge in [0, 0.05) is 25.2 Å². The van der Waals surface area contributed by atoms with Crippen molar-refractivity contribution >= 4 is 17.5 Å². The number of carbonyl (C=O) groups excluding carboxylic acids is 1. The van der Waals surface area contributed by atoms with E-state index in [4.69, 9.17) is 11.6 Å². The highest BCUT2D eigenvalue weighted by Crippen LogP contribution is 2.22. The molecule has 0 atom stereocenters. The molecule has 0 N–H and O–H groups in total. The van der Waals surface area contributed by atoms with E-state index in [9.17, 15) is 4.79 Å². The van der Waals surface area contributed by atoms with Crippen LogP contribution in [0.25, 0.3) is 5.69 Å². The molecule has 1 aliphatic rings. The summed E-state index contributed by atoms with van der Waals surface area (Å²) < 4.78 is 1.81. The summed E-state index contributed by atoms with van der Waals surface area (Å²) in [6.07, 6.45) is 1.02. The third-order valence-corrected chi connectivity index (χ3v) is 5.12. The summed E-state index contributed by atoms with van der Waals surface area (Å²) in [6, 6.07) is 7.59. The van der Waals surface area contributed by atoms with Gasteiger partial charge in [0.1, 0.15) is 0 Å². The average molecular weight is 347 g/mol. The van der Waals surface area contributed by atoms with Crippen LogP contribution in [0.1, 0.15) is 28.2 Å². The molecule has 1 aromatic heterocycles. The maximum absolute atomic E-state index is 12.7. The van der Waals surface area contributed by atoms with Crippen LogP contribution in [-0.4, -0.2) is 58.7 Å². The van der Waals surface area contributed by atoms with Gasteiger partial charge in [0.15, 0.2) is 0 Å². The van der Waals surface area contributed by atoms with E-state index in [2.05, 4.69) is 17.0 Å². The number of aryl methyl sites for hydroxylation is 1. The first kappa shape index (κ1) is 17.0. The third-order valence-electron chi connectivity index (χ3n) is 4.57. The minimum absolute atomic E-state index is 0.100. The van der Waals surface area contributed by atoms with Crippen LogP contribution < -0.4 is 0 Å². The van der Waals surface area contributed by atoms with Crippen molar-refractivity contribution < 1.29 is 4.79 Å². The third kappa shape index (κ3) is 3.32. The fraction of sp³-hybridized carbons (Fsp3) is 0.444. The standard InChI is InChI=1S/C18H23ClN4O/c1-13-17(19)14(2)23(20-13)16-7-5-15(6-8-16)18(24)22-10-4-9-21(3)11-12-22/h5-8H,4,9-12H2,1-3H3. The van der Waals surface area contributed by atoms with Crippen molar-refractivity contribution in [3.63, 3.8) is 0 Å². The second-order valence-electron chi connectivity index (χ2n) is 6.39. The highest BCUT2D eigenvalue weighted by Gasteiger charge is 2.19. The number of amides is 1. The molecule has 0 spiro atoms. The Kier molecular flexibility index (Phi) is 4.92. The van der Waals surface area contributed by atoms with Gasteiger partial charge in [0.2, 0.25) is 0 Å². The summed E-state index contributed by atoms with van der Waals surface area (Å²) in [5.41, 5.74) is 3.34. The maximum atomic E-state index is 12.7. The zero-order valence-electron chi connectivity index (χ0n) is 14.4. The molecule has 0 radical (unpaired) electrons. The average Bonchev–Trinajstić information content (AvgIpc) is 2.76. The van der Waals surface area contributed by atoms with Crippen molar-refractivity contribution in [3.05, 3.63) is 46.2 Å². The van der Waals surface area contributed by atoms with Crippen LogP contribution in [-0.2, 0) is 0 Å². The van der Waals surface area contributed by atoms with Gasteiger partial charge in [0.05, 0.1) is 22.1 Å². The Balaban J connectivity index is 1.79. The minimum Gasteiger partial charge on any atom is -0.337 e. The number of likely N-dealkylation sites (N-methyl/N-ethyl adjacent to an activating group) is 1. The molecule has 1 amide bonds. The minimum atomic E-state index is 0.100. The Hall–Kier alpha value is -1.85. The molecule has 1 fully saturated rings. The zero-order valence-corrected chi connectivity index (χ0v) is 15.2. The van der Waals surface area contributed by atoms with Crippen molar-refractivity contribution in [1.29, 1.82) is 0 Å². The van der Waals surface area contributed by atoms with Crippen LogP contribution in [0.2, 0.25) is 5.02 Å². The predicted octanol–water partition coefficient (Wildman–Crippen LogP) is 2.92. The molecular weight excluding hydrogens is 324 g/mol. The van der Waals surface area contributed by atoms with Gasteiger partial charge >= 0.3 is 0 Å². The lowest BCUT2D eigenvalue weighted by molar-refractivity contribution is 0.0763. The number of nitrogens with zero attached hydrogens (tertiary/aromatic N) is 4. The molecule has 2 aromatic rings. The SMILES string of the molecule is Cc1nn(-c2ccc(C(=O)N3CCCN(C)CC3)cc2)c(C)c1Cl. The summed E-state index contributed by atoms with van der Waals surface area (Å²) in [4.78, 5) is 16.9. The van der Waals surface area contributed by atoms with E-state index in [1.807, 2.05) is 47.7 Å². The zero-order chi connectivity index (χ0) is 17.3. The van der Waals surface area contributed by atoms with Crippen LogP contribution in [0.15, 0.2) is 24.3 Å². The van der Waals surface area contributed by atoms with Crippen LogP contribution in [0.3, 0.4) is 0 Å². The Labute approximate surface area is 147 Å². The van der Waals surface area contributed by atoms with E-state index in [0.717, 1.165) is 55.2 Å². The second kappa shape index (κ2) is 6.95. The van der Waals surface area contributed by atoms with Gasteiger partial charge < -0.3 is 9.80 Å². The maximum Gasteiger partial charge on any atom is 0.253 e. The van der Waals surface area contributed by atoms with Gasteiger partial charge in [-0.1, -0.05) is 11.6 Å². The molecule has 0 saturated carbocycles. The molecule has 1 aliphatic heterocycles. The molecular formula is C18H23ClN4O. The molecule has 6 heteroatoms. The fourth-order valence-corrected chi connectivity index (χ4v) is 3.17. The van der Waals surface area contributed by atoms with Crippen molar-refractivity contribution in [2.75, 3.05) is 33.2 Å². The topological polar surface area (TPSA) is 41.4 Å². The molecule has 0 bridgehead atoms. The van der Waals surface area contributed by atoms with Gasteiger partial charge in [-0.05, 0) is 58.1 Å². The summed E-state index contributed by atoms with van der Waals surface area (Å²) in [6.45, 7) is 7.40. The quantitative estimate of drug-likeness (QED) is 0.839. The van der Waals surface area contributed by atoms with Crippen molar-refractivity contribution in [2.24, 2.45) is 0 Å². The lowest BCUT2D eigenvalue weighted by Crippen LogP contribution is -2.34. The first-order chi connectivity index (χ1) is 11.5. The van der Waals surface area contributed by atoms with Crippen LogP contribution in [0.5, 0.6) is 0 Å². The van der Waals surface area contributed by atoms with E-state index in [0.29, 0.717) is 5.02 Å². The van der Waals surface area contributed by atoms with E-state index in [1.165, 1.54) is 0 Å². The molecule has 0 aliphatic carbocycles. The Morgan fingerprint density at radius 3 is 2.42 bits per heavy atom. The van der Waals surface area contributed by atoms with Gasteiger partial charge in [-0.15, -0.1) is 0 Å². The van der Waals surface area contributed by atoms with E-state index in [1.54, 1.807) is 0 Å². The number of hydrogen-bond donors (Lipinski definition) is 0. The lowest BCUT2D eigenvalue weighted by Gasteiger charge is -2.20. The van der Waals surface area contributed by atoms with E-state index >= 15 is 0 Å². The van der Waals surface area contributed by atoms with E-state index in [-0.39, 0.29) is 5.91 Å². The van der Waals surface area contributed by atoms with Gasteiger partial charge in [-0.3, -0.25) is 4.79 Å². The number of halogens is 1. The molecule has 128 valence electrons. The van der Waals surface area contributed by atoms with Crippen molar-refractivity contribution in [1.82, 2.24) is 19.6 Å². The molecule has 2 heterocycles. The van der Waals surface area contributed by atoms with E-state index < -0.39 is 0 Å². The highest BCUT2D eigenvalue weighted by atomic mass is 35.5. The largest absolute Gasteiger partial charge is 0.337 e. The number of hydrogen-bond acceptors (Lipinski definition) is 3. The fourth-order valence-electron chi connectivity index (χ4n) is 3.05. The van der Waals surface area contributed by atoms with Crippen molar-refractivity contribution in [3.8, 4) is 5.69 Å². The Bertz CT molecular complexity index is 738. The Morgan fingerprint density at radius 2 is 1.79 bits per heavy atom. The summed E-state index contributed by atoms with van der Waals surface area (Å²) >= 11 is 6.21. The van der Waals surface area contributed by atoms with Crippen molar-refractivity contribution in [2.45, 2.75) is 20.3 Å². The van der Waals surface area contributed by atoms with Gasteiger partial charge in [-0.25, -0.2) is 4.68 Å². The van der Waals surface area contributed by atoms with Gasteiger partial charge in [0.25, 0.3) is 5.91 Å². The molecule has 5 nitrogen and oxygen atoms in total. The molecule has 1 saturated heterocycles. The number of rotatable bonds is 2. The summed E-state index contributed by atoms with van der Waals surface area (Å²) in [5, 5.41) is 5.13. The normalized spacial score (nSPS) is 16.2. The summed E-state index contributed by atoms with van der Waals surface area (Å²) in [7, 11) is 2.10. The number of carbonyl (C=O) groups is 1. The molecule has 0 unspecified atom stereocenters. The first-order valence-corrected chi connectivity index (χ1v) is 8.65. The predicted molar refractivity (Wildman–Crippen MR) is 96.1 cm³/mol. The smallest absolute Gasteiger partial charge is 0.253 e. The van der Waals surface area contributed by atoms with Gasteiger partial charge in [-0.2, -0.15) is 5.10 Å². The second-order valence-corrected chi connectivity index (χ2v) is 6.77. The molecule has 24 heavy (non-hydrogen) atoms. The van der Waals surface area contributed by atoms with Crippen LogP contribution in [0.4, 0.5) is 0 Å².